The van der Waals surface area contributed by atoms with Crippen molar-refractivity contribution in [3.8, 4) is 5.75 Å². The average Bonchev–Trinajstić information content (AvgIpc) is 2.72. The first kappa shape index (κ1) is 21.1. The number of carbonyl (C=O) groups is 1. The highest BCUT2D eigenvalue weighted by molar-refractivity contribution is 5.74. The van der Waals surface area contributed by atoms with Gasteiger partial charge in [-0.15, -0.1) is 0 Å². The zero-order chi connectivity index (χ0) is 20.8. The van der Waals surface area contributed by atoms with Gasteiger partial charge in [0.05, 0.1) is 13.2 Å². The Hall–Kier alpha value is -2.60. The number of ether oxygens (including phenoxy) is 1. The van der Waals surface area contributed by atoms with Gasteiger partial charge in [0.2, 0.25) is 0 Å². The Morgan fingerprint density at radius 3 is 2.66 bits per heavy atom. The second kappa shape index (κ2) is 9.74. The highest BCUT2D eigenvalue weighted by atomic mass is 19.1. The van der Waals surface area contributed by atoms with Crippen molar-refractivity contribution in [3.05, 3.63) is 65.2 Å². The van der Waals surface area contributed by atoms with Crippen LogP contribution < -0.4 is 10.1 Å². The molecule has 0 radical (unpaired) electrons. The number of nitrogens with one attached hydrogen (secondary N) is 1. The summed E-state index contributed by atoms with van der Waals surface area (Å²) in [5.74, 6) is 0.723. The van der Waals surface area contributed by atoms with Gasteiger partial charge in [-0.3, -0.25) is 0 Å². The lowest BCUT2D eigenvalue weighted by atomic mass is 10.0. The van der Waals surface area contributed by atoms with Crippen LogP contribution in [-0.4, -0.2) is 55.3 Å². The molecule has 1 aliphatic heterocycles. The normalized spacial score (nSPS) is 19.6. The van der Waals surface area contributed by atoms with E-state index in [-0.39, 0.29) is 6.03 Å². The van der Waals surface area contributed by atoms with Gasteiger partial charge in [-0.25, -0.2) is 9.18 Å². The van der Waals surface area contributed by atoms with Crippen molar-refractivity contribution in [3.63, 3.8) is 0 Å². The maximum atomic E-state index is 14.9. The molecule has 0 bridgehead atoms. The van der Waals surface area contributed by atoms with Gasteiger partial charge in [0, 0.05) is 31.7 Å². The molecule has 0 aromatic heterocycles. The van der Waals surface area contributed by atoms with Gasteiger partial charge in [-0.05, 0) is 32.0 Å². The van der Waals surface area contributed by atoms with Gasteiger partial charge in [-0.2, -0.15) is 0 Å². The summed E-state index contributed by atoms with van der Waals surface area (Å²) in [5.41, 5.74) is 3.04. The fraction of sp³-hybridized carbons (Fsp3) is 0.435. The van der Waals surface area contributed by atoms with Crippen LogP contribution in [0.1, 0.15) is 23.1 Å². The van der Waals surface area contributed by atoms with Crippen molar-refractivity contribution in [2.75, 3.05) is 27.2 Å². The maximum absolute atomic E-state index is 14.9. The van der Waals surface area contributed by atoms with E-state index in [9.17, 15) is 9.18 Å². The van der Waals surface area contributed by atoms with E-state index in [2.05, 4.69) is 5.32 Å². The number of hydrogen-bond acceptors (Lipinski definition) is 3. The van der Waals surface area contributed by atoms with Crippen LogP contribution in [0.4, 0.5) is 9.18 Å². The van der Waals surface area contributed by atoms with Crippen LogP contribution in [0.5, 0.6) is 5.75 Å². The summed E-state index contributed by atoms with van der Waals surface area (Å²) >= 11 is 0. The zero-order valence-electron chi connectivity index (χ0n) is 17.4. The van der Waals surface area contributed by atoms with E-state index >= 15 is 0 Å². The summed E-state index contributed by atoms with van der Waals surface area (Å²) in [7, 11) is 3.52. The van der Waals surface area contributed by atoms with Crippen molar-refractivity contribution in [2.24, 2.45) is 0 Å². The van der Waals surface area contributed by atoms with Crippen molar-refractivity contribution >= 4 is 6.03 Å². The second-order valence-electron chi connectivity index (χ2n) is 7.72. The number of hydrogen-bond donors (Lipinski definition) is 1. The van der Waals surface area contributed by atoms with Crippen molar-refractivity contribution in [1.29, 1.82) is 0 Å². The summed E-state index contributed by atoms with van der Waals surface area (Å²) in [5, 5.41) is 2.96. The lowest BCUT2D eigenvalue weighted by Gasteiger charge is -2.39. The first-order valence-electron chi connectivity index (χ1n) is 10.0. The van der Waals surface area contributed by atoms with Gasteiger partial charge < -0.3 is 19.9 Å². The van der Waals surface area contributed by atoms with Crippen molar-refractivity contribution < 1.29 is 13.9 Å². The predicted octanol–water partition coefficient (Wildman–Crippen LogP) is 3.76. The van der Waals surface area contributed by atoms with Crippen molar-refractivity contribution in [1.82, 2.24) is 15.1 Å². The Bertz CT molecular complexity index is 812. The van der Waals surface area contributed by atoms with Crippen LogP contribution in [-0.2, 0) is 13.1 Å². The SMILES string of the molecule is COc1ccccc1CNC(=O)N(Cc1ccc(C)cc1)[C@H]1CCN(C)C[C@H]1F. The quantitative estimate of drug-likeness (QED) is 0.805. The fourth-order valence-corrected chi connectivity index (χ4v) is 3.75. The molecule has 1 fully saturated rings. The molecular formula is C23H30FN3O2. The van der Waals surface area contributed by atoms with Gasteiger partial charge in [0.15, 0.2) is 0 Å². The van der Waals surface area contributed by atoms with E-state index in [1.807, 2.05) is 67.4 Å². The molecule has 1 aliphatic rings. The number of piperidine rings is 1. The van der Waals surface area contributed by atoms with Crippen LogP contribution in [0, 0.1) is 6.92 Å². The summed E-state index contributed by atoms with van der Waals surface area (Å²) in [6.07, 6.45) is -0.456. The van der Waals surface area contributed by atoms with Gasteiger partial charge in [0.25, 0.3) is 0 Å². The minimum atomic E-state index is -1.07. The topological polar surface area (TPSA) is 44.8 Å². The van der Waals surface area contributed by atoms with Crippen molar-refractivity contribution in [2.45, 2.75) is 38.6 Å². The molecule has 156 valence electrons. The van der Waals surface area contributed by atoms with E-state index < -0.39 is 12.2 Å². The lowest BCUT2D eigenvalue weighted by molar-refractivity contribution is 0.0571. The minimum Gasteiger partial charge on any atom is -0.496 e. The number of para-hydroxylation sites is 1. The first-order valence-corrected chi connectivity index (χ1v) is 10.0. The standard InChI is InChI=1S/C23H30FN3O2/c1-17-8-10-18(11-9-17)15-27(21-12-13-26(2)16-20(21)24)23(28)25-14-19-6-4-5-7-22(19)29-3/h4-11,20-21H,12-16H2,1-3H3,(H,25,28)/t20-,21+/m1/s1. The minimum absolute atomic E-state index is 0.256. The number of urea groups is 1. The number of rotatable bonds is 6. The van der Waals surface area contributed by atoms with E-state index in [1.54, 1.807) is 12.0 Å². The molecule has 1 heterocycles. The fourth-order valence-electron chi connectivity index (χ4n) is 3.75. The Kier molecular flexibility index (Phi) is 7.09. The average molecular weight is 400 g/mol. The number of alkyl halides is 1. The molecule has 3 rings (SSSR count). The smallest absolute Gasteiger partial charge is 0.318 e. The predicted molar refractivity (Wildman–Crippen MR) is 113 cm³/mol. The van der Waals surface area contributed by atoms with Crippen LogP contribution >= 0.6 is 0 Å². The Balaban J connectivity index is 1.75. The molecule has 0 saturated carbocycles. The summed E-state index contributed by atoms with van der Waals surface area (Å²) < 4.78 is 20.2. The number of aryl methyl sites for hydroxylation is 1. The zero-order valence-corrected chi connectivity index (χ0v) is 17.4. The third-order valence-corrected chi connectivity index (χ3v) is 5.47. The molecule has 2 atom stereocenters. The summed E-state index contributed by atoms with van der Waals surface area (Å²) in [6, 6.07) is 14.9. The highest BCUT2D eigenvalue weighted by Gasteiger charge is 2.35. The largest absolute Gasteiger partial charge is 0.496 e. The van der Waals surface area contributed by atoms with E-state index in [1.165, 1.54) is 0 Å². The molecule has 0 unspecified atom stereocenters. The molecule has 5 nitrogen and oxygen atoms in total. The number of nitrogens with zero attached hydrogens (tertiary/aromatic N) is 2. The summed E-state index contributed by atoms with van der Waals surface area (Å²) in [6.45, 7) is 3.85. The van der Waals surface area contributed by atoms with Gasteiger partial charge in [0.1, 0.15) is 11.9 Å². The second-order valence-corrected chi connectivity index (χ2v) is 7.72. The van der Waals surface area contributed by atoms with Crippen LogP contribution in [0.25, 0.3) is 0 Å². The Labute approximate surface area is 172 Å². The van der Waals surface area contributed by atoms with E-state index in [0.717, 1.165) is 29.0 Å². The highest BCUT2D eigenvalue weighted by Crippen LogP contribution is 2.22. The molecule has 2 aromatic carbocycles. The van der Waals surface area contributed by atoms with Crippen LogP contribution in [0.2, 0.25) is 0 Å². The van der Waals surface area contributed by atoms with E-state index in [0.29, 0.717) is 26.1 Å². The van der Waals surface area contributed by atoms with Crippen LogP contribution in [0.3, 0.4) is 0 Å². The molecule has 1 saturated heterocycles. The molecular weight excluding hydrogens is 369 g/mol. The number of carbonyl (C=O) groups excluding carboxylic acids is 1. The van der Waals surface area contributed by atoms with Gasteiger partial charge >= 0.3 is 6.03 Å². The van der Waals surface area contributed by atoms with Gasteiger partial charge in [-0.1, -0.05) is 48.0 Å². The number of methoxy groups -OCH3 is 1. The monoisotopic (exact) mass is 399 g/mol. The molecule has 0 aliphatic carbocycles. The molecule has 2 amide bonds. The first-order chi connectivity index (χ1) is 14.0. The molecule has 2 aromatic rings. The third kappa shape index (κ3) is 5.48. The molecule has 29 heavy (non-hydrogen) atoms. The third-order valence-electron chi connectivity index (χ3n) is 5.47. The number of benzene rings is 2. The molecule has 6 heteroatoms. The number of likely N-dealkylation sites (tertiary alicyclic amines) is 1. The number of halogens is 1. The molecule has 1 N–H and O–H groups in total. The summed E-state index contributed by atoms with van der Waals surface area (Å²) in [4.78, 5) is 16.7. The van der Waals surface area contributed by atoms with E-state index in [4.69, 9.17) is 4.74 Å². The number of amides is 2. The Morgan fingerprint density at radius 2 is 1.97 bits per heavy atom. The van der Waals surface area contributed by atoms with Crippen LogP contribution in [0.15, 0.2) is 48.5 Å². The lowest BCUT2D eigenvalue weighted by Crippen LogP contribution is -2.55. The molecule has 0 spiro atoms. The maximum Gasteiger partial charge on any atom is 0.318 e. The Morgan fingerprint density at radius 1 is 1.24 bits per heavy atom.